The quantitative estimate of drug-likeness (QED) is 0.796. The number of aliphatic hydroxyl groups excluding tert-OH is 1. The Balaban J connectivity index is 1.47. The zero-order valence-electron chi connectivity index (χ0n) is 14.2. The molecule has 1 fully saturated rings. The highest BCUT2D eigenvalue weighted by atomic mass is 32.1. The van der Waals surface area contributed by atoms with Crippen molar-refractivity contribution in [2.24, 2.45) is 5.41 Å². The van der Waals surface area contributed by atoms with Crippen molar-refractivity contribution >= 4 is 17.2 Å². The molecule has 6 heteroatoms. The van der Waals surface area contributed by atoms with E-state index in [2.05, 4.69) is 10.3 Å². The third kappa shape index (κ3) is 4.87. The fourth-order valence-electron chi connectivity index (χ4n) is 2.96. The molecule has 2 aromatic rings. The topological polar surface area (TPSA) is 71.5 Å². The standard InChI is InChI=1S/C19H24N2O3S/c22-14-19(8-10-24-11-9-19)13-20-17(23)6-7-18-21-16(12-25-18)15-4-2-1-3-5-15/h1-5,12,22H,6-11,13-14H2,(H,20,23). The van der Waals surface area contributed by atoms with Crippen LogP contribution in [-0.4, -0.2) is 42.4 Å². The Morgan fingerprint density at radius 1 is 1.28 bits per heavy atom. The molecule has 5 nitrogen and oxygen atoms in total. The number of aliphatic hydroxyl groups is 1. The first-order valence-electron chi connectivity index (χ1n) is 8.66. The van der Waals surface area contributed by atoms with Crippen LogP contribution in [0.25, 0.3) is 11.3 Å². The fraction of sp³-hybridized carbons (Fsp3) is 0.474. The van der Waals surface area contributed by atoms with E-state index < -0.39 is 0 Å². The van der Waals surface area contributed by atoms with Crippen molar-refractivity contribution in [3.63, 3.8) is 0 Å². The Labute approximate surface area is 152 Å². The van der Waals surface area contributed by atoms with Crippen molar-refractivity contribution in [1.29, 1.82) is 0 Å². The predicted molar refractivity (Wildman–Crippen MR) is 98.5 cm³/mol. The summed E-state index contributed by atoms with van der Waals surface area (Å²) in [6.07, 6.45) is 2.63. The van der Waals surface area contributed by atoms with E-state index in [1.165, 1.54) is 0 Å². The van der Waals surface area contributed by atoms with Gasteiger partial charge in [0.05, 0.1) is 17.3 Å². The minimum absolute atomic E-state index is 0.00998. The summed E-state index contributed by atoms with van der Waals surface area (Å²) in [6, 6.07) is 10.0. The van der Waals surface area contributed by atoms with Crippen LogP contribution in [0.1, 0.15) is 24.3 Å². The number of rotatable bonds is 7. The molecule has 0 spiro atoms. The molecule has 0 unspecified atom stereocenters. The van der Waals surface area contributed by atoms with Crippen LogP contribution < -0.4 is 5.32 Å². The molecule has 0 bridgehead atoms. The number of carbonyl (C=O) groups excluding carboxylic acids is 1. The number of amides is 1. The molecule has 2 N–H and O–H groups in total. The first kappa shape index (κ1) is 18.0. The summed E-state index contributed by atoms with van der Waals surface area (Å²) < 4.78 is 5.35. The number of hydrogen-bond acceptors (Lipinski definition) is 5. The number of carbonyl (C=O) groups is 1. The molecule has 0 aliphatic carbocycles. The molecule has 1 aromatic heterocycles. The first-order valence-corrected chi connectivity index (χ1v) is 9.54. The molecule has 1 aromatic carbocycles. The lowest BCUT2D eigenvalue weighted by molar-refractivity contribution is -0.122. The van der Waals surface area contributed by atoms with Crippen LogP contribution in [0.4, 0.5) is 0 Å². The summed E-state index contributed by atoms with van der Waals surface area (Å²) in [7, 11) is 0. The van der Waals surface area contributed by atoms with Gasteiger partial charge in [0.25, 0.3) is 0 Å². The van der Waals surface area contributed by atoms with E-state index >= 15 is 0 Å². The predicted octanol–water partition coefficient (Wildman–Crippen LogP) is 2.65. The number of aryl methyl sites for hydroxylation is 1. The number of nitrogens with one attached hydrogen (secondary N) is 1. The van der Waals surface area contributed by atoms with Crippen molar-refractivity contribution in [2.75, 3.05) is 26.4 Å². The van der Waals surface area contributed by atoms with Crippen molar-refractivity contribution in [3.8, 4) is 11.3 Å². The highest BCUT2D eigenvalue weighted by molar-refractivity contribution is 7.09. The fourth-order valence-corrected chi connectivity index (χ4v) is 3.76. The van der Waals surface area contributed by atoms with Crippen LogP contribution in [0.15, 0.2) is 35.7 Å². The highest BCUT2D eigenvalue weighted by Gasteiger charge is 2.32. The first-order chi connectivity index (χ1) is 12.2. The minimum Gasteiger partial charge on any atom is -0.396 e. The molecule has 0 saturated carbocycles. The summed E-state index contributed by atoms with van der Waals surface area (Å²) in [5, 5.41) is 15.6. The second-order valence-electron chi connectivity index (χ2n) is 6.54. The second-order valence-corrected chi connectivity index (χ2v) is 7.48. The lowest BCUT2D eigenvalue weighted by Gasteiger charge is -2.35. The summed E-state index contributed by atoms with van der Waals surface area (Å²) in [4.78, 5) is 16.8. The van der Waals surface area contributed by atoms with Crippen LogP contribution >= 0.6 is 11.3 Å². The van der Waals surface area contributed by atoms with E-state index in [4.69, 9.17) is 4.74 Å². The van der Waals surface area contributed by atoms with Crippen LogP contribution in [0.3, 0.4) is 0 Å². The van der Waals surface area contributed by atoms with Crippen molar-refractivity contribution in [3.05, 3.63) is 40.7 Å². The van der Waals surface area contributed by atoms with Crippen LogP contribution in [0, 0.1) is 5.41 Å². The maximum absolute atomic E-state index is 12.1. The number of nitrogens with zero attached hydrogens (tertiary/aromatic N) is 1. The molecule has 134 valence electrons. The van der Waals surface area contributed by atoms with E-state index in [0.29, 0.717) is 32.6 Å². The van der Waals surface area contributed by atoms with Crippen molar-refractivity contribution < 1.29 is 14.6 Å². The zero-order valence-corrected chi connectivity index (χ0v) is 15.1. The lowest BCUT2D eigenvalue weighted by Crippen LogP contribution is -2.43. The third-order valence-electron chi connectivity index (χ3n) is 4.74. The van der Waals surface area contributed by atoms with Crippen LogP contribution in [0.2, 0.25) is 0 Å². The van der Waals surface area contributed by atoms with Gasteiger partial charge >= 0.3 is 0 Å². The van der Waals surface area contributed by atoms with E-state index in [0.717, 1.165) is 29.1 Å². The number of benzene rings is 1. The van der Waals surface area contributed by atoms with Crippen LogP contribution in [-0.2, 0) is 16.0 Å². The van der Waals surface area contributed by atoms with E-state index in [1.807, 2.05) is 35.7 Å². The van der Waals surface area contributed by atoms with Crippen molar-refractivity contribution in [1.82, 2.24) is 10.3 Å². The molecule has 3 rings (SSSR count). The van der Waals surface area contributed by atoms with Gasteiger partial charge in [-0.25, -0.2) is 4.98 Å². The van der Waals surface area contributed by atoms with Gasteiger partial charge in [-0.05, 0) is 12.8 Å². The summed E-state index contributed by atoms with van der Waals surface area (Å²) in [5.74, 6) is 0.00998. The number of thiazole rings is 1. The monoisotopic (exact) mass is 360 g/mol. The van der Waals surface area contributed by atoms with Gasteiger partial charge in [-0.2, -0.15) is 0 Å². The van der Waals surface area contributed by atoms with Gasteiger partial charge in [-0.15, -0.1) is 11.3 Å². The van der Waals surface area contributed by atoms with E-state index in [-0.39, 0.29) is 17.9 Å². The van der Waals surface area contributed by atoms with E-state index in [1.54, 1.807) is 11.3 Å². The van der Waals surface area contributed by atoms with Gasteiger partial charge < -0.3 is 15.2 Å². The molecular formula is C19H24N2O3S. The largest absolute Gasteiger partial charge is 0.396 e. The molecule has 1 aliphatic rings. The molecule has 0 atom stereocenters. The molecule has 2 heterocycles. The number of aromatic nitrogens is 1. The van der Waals surface area contributed by atoms with Crippen molar-refractivity contribution in [2.45, 2.75) is 25.7 Å². The minimum atomic E-state index is -0.227. The van der Waals surface area contributed by atoms with Gasteiger partial charge in [0.2, 0.25) is 5.91 Å². The molecular weight excluding hydrogens is 336 g/mol. The molecule has 1 saturated heterocycles. The summed E-state index contributed by atoms with van der Waals surface area (Å²) in [6.45, 7) is 1.90. The molecule has 25 heavy (non-hydrogen) atoms. The van der Waals surface area contributed by atoms with Gasteiger partial charge in [0.15, 0.2) is 0 Å². The zero-order chi connectivity index (χ0) is 17.5. The maximum atomic E-state index is 12.1. The Morgan fingerprint density at radius 3 is 2.76 bits per heavy atom. The smallest absolute Gasteiger partial charge is 0.220 e. The number of ether oxygens (including phenoxy) is 1. The Kier molecular flexibility index (Phi) is 6.18. The maximum Gasteiger partial charge on any atom is 0.220 e. The normalized spacial score (nSPS) is 16.5. The highest BCUT2D eigenvalue weighted by Crippen LogP contribution is 2.29. The van der Waals surface area contributed by atoms with Gasteiger partial charge in [0, 0.05) is 49.0 Å². The van der Waals surface area contributed by atoms with E-state index in [9.17, 15) is 9.90 Å². The summed E-state index contributed by atoms with van der Waals surface area (Å²) >= 11 is 1.59. The average molecular weight is 360 g/mol. The lowest BCUT2D eigenvalue weighted by atomic mass is 9.81. The van der Waals surface area contributed by atoms with Crippen LogP contribution in [0.5, 0.6) is 0 Å². The molecule has 1 amide bonds. The Bertz CT molecular complexity index is 681. The van der Waals surface area contributed by atoms with Gasteiger partial charge in [0.1, 0.15) is 0 Å². The van der Waals surface area contributed by atoms with Gasteiger partial charge in [-0.3, -0.25) is 4.79 Å². The Hall–Kier alpha value is -1.76. The summed E-state index contributed by atoms with van der Waals surface area (Å²) in [5.41, 5.74) is 1.83. The molecule has 1 aliphatic heterocycles. The number of hydrogen-bond donors (Lipinski definition) is 2. The third-order valence-corrected chi connectivity index (χ3v) is 5.65. The van der Waals surface area contributed by atoms with Gasteiger partial charge in [-0.1, -0.05) is 30.3 Å². The average Bonchev–Trinajstić information content (AvgIpc) is 3.15. The molecule has 0 radical (unpaired) electrons. The second kappa shape index (κ2) is 8.56. The SMILES string of the molecule is O=C(CCc1nc(-c2ccccc2)cs1)NCC1(CO)CCOCC1. The Morgan fingerprint density at radius 2 is 2.04 bits per heavy atom.